The highest BCUT2D eigenvalue weighted by Crippen LogP contribution is 2.19. The van der Waals surface area contributed by atoms with Crippen molar-refractivity contribution in [2.75, 3.05) is 50.7 Å². The van der Waals surface area contributed by atoms with Crippen molar-refractivity contribution in [2.24, 2.45) is 0 Å². The van der Waals surface area contributed by atoms with Gasteiger partial charge in [0, 0.05) is 45.6 Å². The van der Waals surface area contributed by atoms with E-state index in [0.29, 0.717) is 13.2 Å². The highest BCUT2D eigenvalue weighted by Gasteiger charge is 2.07. The van der Waals surface area contributed by atoms with Gasteiger partial charge in [0.25, 0.3) is 0 Å². The molecule has 0 aliphatic carbocycles. The number of nitrogens with one attached hydrogen (secondary N) is 1. The Labute approximate surface area is 114 Å². The van der Waals surface area contributed by atoms with Crippen molar-refractivity contribution in [2.45, 2.75) is 6.92 Å². The van der Waals surface area contributed by atoms with Crippen LogP contribution in [0.25, 0.3) is 0 Å². The van der Waals surface area contributed by atoms with E-state index in [0.717, 1.165) is 24.5 Å². The summed E-state index contributed by atoms with van der Waals surface area (Å²) in [6, 6.07) is 7.76. The van der Waals surface area contributed by atoms with E-state index >= 15 is 0 Å². The van der Waals surface area contributed by atoms with Crippen LogP contribution in [0.1, 0.15) is 6.92 Å². The smallest absolute Gasteiger partial charge is 0.221 e. The maximum Gasteiger partial charge on any atom is 0.221 e. The number of ether oxygens (including phenoxy) is 2. The van der Waals surface area contributed by atoms with Crippen molar-refractivity contribution >= 4 is 17.3 Å². The molecule has 0 spiro atoms. The molecule has 0 saturated heterocycles. The lowest BCUT2D eigenvalue weighted by atomic mass is 10.2. The lowest BCUT2D eigenvalue weighted by Gasteiger charge is -2.24. The molecular weight excluding hydrogens is 244 g/mol. The van der Waals surface area contributed by atoms with Crippen LogP contribution in [0, 0.1) is 0 Å². The minimum atomic E-state index is -0.0718. The van der Waals surface area contributed by atoms with Crippen LogP contribution in [0.2, 0.25) is 0 Å². The molecule has 106 valence electrons. The zero-order valence-corrected chi connectivity index (χ0v) is 11.8. The fourth-order valence-corrected chi connectivity index (χ4v) is 1.76. The number of methoxy groups -OCH3 is 2. The Balaban J connectivity index is 2.78. The second kappa shape index (κ2) is 8.50. The SMILES string of the molecule is COCCN(CCOC)c1cccc(NC(C)=O)c1. The van der Waals surface area contributed by atoms with Crippen LogP contribution in [0.4, 0.5) is 11.4 Å². The lowest BCUT2D eigenvalue weighted by molar-refractivity contribution is -0.114. The standard InChI is InChI=1S/C14H22N2O3/c1-12(17)15-13-5-4-6-14(11-13)16(7-9-18-2)8-10-19-3/h4-6,11H,7-10H2,1-3H3,(H,15,17). The molecule has 1 N–H and O–H groups in total. The fourth-order valence-electron chi connectivity index (χ4n) is 1.76. The van der Waals surface area contributed by atoms with Gasteiger partial charge in [-0.1, -0.05) is 6.07 Å². The summed E-state index contributed by atoms with van der Waals surface area (Å²) >= 11 is 0. The highest BCUT2D eigenvalue weighted by atomic mass is 16.5. The predicted molar refractivity (Wildman–Crippen MR) is 76.7 cm³/mol. The molecule has 0 unspecified atom stereocenters. The predicted octanol–water partition coefficient (Wildman–Crippen LogP) is 1.74. The molecule has 0 fully saturated rings. The van der Waals surface area contributed by atoms with E-state index in [4.69, 9.17) is 9.47 Å². The van der Waals surface area contributed by atoms with Gasteiger partial charge in [-0.3, -0.25) is 4.79 Å². The third-order valence-electron chi connectivity index (χ3n) is 2.66. The van der Waals surface area contributed by atoms with Gasteiger partial charge >= 0.3 is 0 Å². The first-order valence-electron chi connectivity index (χ1n) is 6.28. The van der Waals surface area contributed by atoms with E-state index in [9.17, 15) is 4.79 Å². The summed E-state index contributed by atoms with van der Waals surface area (Å²) in [7, 11) is 3.37. The average molecular weight is 266 g/mol. The van der Waals surface area contributed by atoms with Gasteiger partial charge in [-0.05, 0) is 18.2 Å². The van der Waals surface area contributed by atoms with E-state index in [1.54, 1.807) is 14.2 Å². The molecule has 0 bridgehead atoms. The molecule has 1 rings (SSSR count). The first-order chi connectivity index (χ1) is 9.17. The third kappa shape index (κ3) is 5.72. The van der Waals surface area contributed by atoms with E-state index < -0.39 is 0 Å². The number of anilines is 2. The molecule has 0 aliphatic rings. The van der Waals surface area contributed by atoms with Gasteiger partial charge in [0.2, 0.25) is 5.91 Å². The Hall–Kier alpha value is -1.59. The largest absolute Gasteiger partial charge is 0.383 e. The molecule has 0 radical (unpaired) electrons. The average Bonchev–Trinajstić information content (AvgIpc) is 2.38. The van der Waals surface area contributed by atoms with Crippen molar-refractivity contribution in [3.63, 3.8) is 0 Å². The van der Waals surface area contributed by atoms with Crippen molar-refractivity contribution in [1.82, 2.24) is 0 Å². The van der Waals surface area contributed by atoms with E-state index in [-0.39, 0.29) is 5.91 Å². The number of nitrogens with zero attached hydrogens (tertiary/aromatic N) is 1. The molecule has 1 aromatic rings. The Morgan fingerprint density at radius 1 is 1.21 bits per heavy atom. The highest BCUT2D eigenvalue weighted by molar-refractivity contribution is 5.89. The molecule has 0 aromatic heterocycles. The molecule has 1 aromatic carbocycles. The molecule has 0 aliphatic heterocycles. The van der Waals surface area contributed by atoms with Crippen molar-refractivity contribution in [3.8, 4) is 0 Å². The van der Waals surface area contributed by atoms with E-state index in [2.05, 4.69) is 10.2 Å². The summed E-state index contributed by atoms with van der Waals surface area (Å²) in [6.07, 6.45) is 0. The van der Waals surface area contributed by atoms with E-state index in [1.165, 1.54) is 6.92 Å². The Morgan fingerprint density at radius 3 is 2.37 bits per heavy atom. The van der Waals surface area contributed by atoms with Crippen molar-refractivity contribution < 1.29 is 14.3 Å². The van der Waals surface area contributed by atoms with Crippen molar-refractivity contribution in [1.29, 1.82) is 0 Å². The minimum Gasteiger partial charge on any atom is -0.383 e. The molecule has 1 amide bonds. The first kappa shape index (κ1) is 15.5. The summed E-state index contributed by atoms with van der Waals surface area (Å²) in [5, 5.41) is 2.78. The summed E-state index contributed by atoms with van der Waals surface area (Å²) in [4.78, 5) is 13.2. The van der Waals surface area contributed by atoms with Crippen LogP contribution in [0.15, 0.2) is 24.3 Å². The van der Waals surface area contributed by atoms with Crippen LogP contribution in [0.5, 0.6) is 0 Å². The Morgan fingerprint density at radius 2 is 1.84 bits per heavy atom. The number of carbonyl (C=O) groups excluding carboxylic acids is 1. The normalized spacial score (nSPS) is 10.3. The molecule has 0 atom stereocenters. The zero-order chi connectivity index (χ0) is 14.1. The van der Waals surface area contributed by atoms with Crippen LogP contribution in [-0.2, 0) is 14.3 Å². The number of hydrogen-bond donors (Lipinski definition) is 1. The molecule has 5 heteroatoms. The number of rotatable bonds is 8. The number of amides is 1. The first-order valence-corrected chi connectivity index (χ1v) is 6.28. The topological polar surface area (TPSA) is 50.8 Å². The van der Waals surface area contributed by atoms with Gasteiger partial charge in [0.15, 0.2) is 0 Å². The van der Waals surface area contributed by atoms with E-state index in [1.807, 2.05) is 24.3 Å². The van der Waals surface area contributed by atoms with Crippen LogP contribution in [-0.4, -0.2) is 46.4 Å². The third-order valence-corrected chi connectivity index (χ3v) is 2.66. The van der Waals surface area contributed by atoms with Crippen LogP contribution in [0.3, 0.4) is 0 Å². The molecule has 19 heavy (non-hydrogen) atoms. The van der Waals surface area contributed by atoms with Gasteiger partial charge in [0.05, 0.1) is 13.2 Å². The fraction of sp³-hybridized carbons (Fsp3) is 0.500. The molecule has 0 saturated carbocycles. The number of carbonyl (C=O) groups is 1. The van der Waals surface area contributed by atoms with Gasteiger partial charge in [-0.2, -0.15) is 0 Å². The van der Waals surface area contributed by atoms with Crippen molar-refractivity contribution in [3.05, 3.63) is 24.3 Å². The summed E-state index contributed by atoms with van der Waals surface area (Å²) in [6.45, 7) is 4.36. The second-order valence-electron chi connectivity index (χ2n) is 4.20. The molecule has 5 nitrogen and oxygen atoms in total. The Bertz CT molecular complexity index is 388. The zero-order valence-electron chi connectivity index (χ0n) is 11.8. The second-order valence-corrected chi connectivity index (χ2v) is 4.20. The molecule has 0 heterocycles. The van der Waals surface area contributed by atoms with Gasteiger partial charge in [-0.25, -0.2) is 0 Å². The van der Waals surface area contributed by atoms with Gasteiger partial charge in [-0.15, -0.1) is 0 Å². The number of benzene rings is 1. The lowest BCUT2D eigenvalue weighted by Crippen LogP contribution is -2.30. The Kier molecular flexibility index (Phi) is 6.92. The maximum absolute atomic E-state index is 11.1. The summed E-state index contributed by atoms with van der Waals surface area (Å²) < 4.78 is 10.2. The monoisotopic (exact) mass is 266 g/mol. The number of hydrogen-bond acceptors (Lipinski definition) is 4. The summed E-state index contributed by atoms with van der Waals surface area (Å²) in [5.74, 6) is -0.0718. The van der Waals surface area contributed by atoms with Gasteiger partial charge < -0.3 is 19.7 Å². The molecular formula is C14H22N2O3. The van der Waals surface area contributed by atoms with Gasteiger partial charge in [0.1, 0.15) is 0 Å². The van der Waals surface area contributed by atoms with Crippen LogP contribution < -0.4 is 10.2 Å². The van der Waals surface area contributed by atoms with Crippen LogP contribution >= 0.6 is 0 Å². The minimum absolute atomic E-state index is 0.0718. The maximum atomic E-state index is 11.1. The summed E-state index contributed by atoms with van der Waals surface area (Å²) in [5.41, 5.74) is 1.84. The quantitative estimate of drug-likeness (QED) is 0.778.